The summed E-state index contributed by atoms with van der Waals surface area (Å²) in [6, 6.07) is 7.28. The van der Waals surface area contributed by atoms with Crippen molar-refractivity contribution >= 4 is 17.7 Å². The maximum absolute atomic E-state index is 11.7. The minimum atomic E-state index is -0.724. The van der Waals surface area contributed by atoms with Gasteiger partial charge in [-0.1, -0.05) is 0 Å². The highest BCUT2D eigenvalue weighted by molar-refractivity contribution is 5.98. The van der Waals surface area contributed by atoms with Crippen LogP contribution in [-0.4, -0.2) is 16.5 Å². The van der Waals surface area contributed by atoms with Gasteiger partial charge in [-0.25, -0.2) is 4.79 Å². The first-order valence-corrected chi connectivity index (χ1v) is 5.82. The van der Waals surface area contributed by atoms with Crippen molar-refractivity contribution in [3.05, 3.63) is 45.5 Å². The quantitative estimate of drug-likeness (QED) is 0.278. The molecule has 104 valence electrons. The van der Waals surface area contributed by atoms with Crippen molar-refractivity contribution in [2.24, 2.45) is 0 Å². The molecule has 0 saturated carbocycles. The summed E-state index contributed by atoms with van der Waals surface area (Å²) in [7, 11) is 0. The van der Waals surface area contributed by atoms with Crippen LogP contribution in [-0.2, 0) is 9.53 Å². The molecule has 0 aliphatic carbocycles. The predicted octanol–water partition coefficient (Wildman–Crippen LogP) is 2.84. The molecule has 0 aromatic heterocycles. The number of hydrogen-bond acceptors (Lipinski definition) is 5. The highest BCUT2D eigenvalue weighted by atomic mass is 16.6. The second kappa shape index (κ2) is 5.97. The van der Waals surface area contributed by atoms with Crippen molar-refractivity contribution in [3.63, 3.8) is 0 Å². The fourth-order valence-corrected chi connectivity index (χ4v) is 1.33. The summed E-state index contributed by atoms with van der Waals surface area (Å²) in [6.45, 7) is 5.10. The molecule has 0 heterocycles. The molecule has 0 amide bonds. The Bertz CT molecular complexity index is 589. The van der Waals surface area contributed by atoms with Gasteiger partial charge in [-0.15, -0.1) is 0 Å². The van der Waals surface area contributed by atoms with Crippen LogP contribution in [0.4, 0.5) is 5.69 Å². The van der Waals surface area contributed by atoms with E-state index in [2.05, 4.69) is 0 Å². The van der Waals surface area contributed by atoms with Crippen molar-refractivity contribution in [1.29, 1.82) is 5.26 Å². The van der Waals surface area contributed by atoms with Crippen LogP contribution < -0.4 is 0 Å². The number of nitriles is 1. The summed E-state index contributed by atoms with van der Waals surface area (Å²) in [4.78, 5) is 21.7. The van der Waals surface area contributed by atoms with Crippen molar-refractivity contribution in [1.82, 2.24) is 0 Å². The number of nitro benzene ring substituents is 1. The first-order chi connectivity index (χ1) is 9.23. The first kappa shape index (κ1) is 15.4. The molecule has 0 radical (unpaired) electrons. The molecular formula is C14H14N2O4. The number of non-ortho nitro benzene ring substituents is 1. The van der Waals surface area contributed by atoms with Gasteiger partial charge in [0.15, 0.2) is 0 Å². The lowest BCUT2D eigenvalue weighted by atomic mass is 10.1. The minimum absolute atomic E-state index is 0.0575. The Morgan fingerprint density at radius 1 is 1.35 bits per heavy atom. The van der Waals surface area contributed by atoms with Crippen molar-refractivity contribution in [2.75, 3.05) is 0 Å². The number of ether oxygens (including phenoxy) is 1. The SMILES string of the molecule is CC(C)(C)OC(=O)/C(C#N)=C/c1ccc([N+](=O)[O-])cc1. The van der Waals surface area contributed by atoms with Gasteiger partial charge in [-0.2, -0.15) is 5.26 Å². The average Bonchev–Trinajstić information content (AvgIpc) is 2.34. The molecule has 6 nitrogen and oxygen atoms in total. The smallest absolute Gasteiger partial charge is 0.349 e. The van der Waals surface area contributed by atoms with E-state index in [1.54, 1.807) is 26.8 Å². The second-order valence-electron chi connectivity index (χ2n) is 5.02. The van der Waals surface area contributed by atoms with Crippen molar-refractivity contribution in [3.8, 4) is 6.07 Å². The molecule has 0 fully saturated rings. The van der Waals surface area contributed by atoms with Crippen molar-refractivity contribution in [2.45, 2.75) is 26.4 Å². The molecule has 20 heavy (non-hydrogen) atoms. The molecule has 0 atom stereocenters. The highest BCUT2D eigenvalue weighted by Crippen LogP contribution is 2.16. The highest BCUT2D eigenvalue weighted by Gasteiger charge is 2.19. The number of benzene rings is 1. The maximum atomic E-state index is 11.7. The molecule has 0 unspecified atom stereocenters. The lowest BCUT2D eigenvalue weighted by Crippen LogP contribution is -2.24. The summed E-state index contributed by atoms with van der Waals surface area (Å²) in [5, 5.41) is 19.5. The van der Waals surface area contributed by atoms with Gasteiger partial charge in [-0.3, -0.25) is 10.1 Å². The van der Waals surface area contributed by atoms with Gasteiger partial charge in [-0.05, 0) is 44.5 Å². The Morgan fingerprint density at radius 2 is 1.90 bits per heavy atom. The number of rotatable bonds is 3. The molecule has 6 heteroatoms. The summed E-state index contributed by atoms with van der Waals surface area (Å²) >= 11 is 0. The largest absolute Gasteiger partial charge is 0.456 e. The van der Waals surface area contributed by atoms with Crippen LogP contribution in [0.5, 0.6) is 0 Å². The lowest BCUT2D eigenvalue weighted by Gasteiger charge is -2.18. The van der Waals surface area contributed by atoms with E-state index in [9.17, 15) is 14.9 Å². The molecule has 1 rings (SSSR count). The van der Waals surface area contributed by atoms with Crippen LogP contribution in [0.15, 0.2) is 29.8 Å². The third kappa shape index (κ3) is 4.53. The predicted molar refractivity (Wildman–Crippen MR) is 72.5 cm³/mol. The molecular weight excluding hydrogens is 260 g/mol. The Kier molecular flexibility index (Phi) is 4.59. The van der Waals surface area contributed by atoms with Crippen LogP contribution in [0.3, 0.4) is 0 Å². The molecule has 0 saturated heterocycles. The Morgan fingerprint density at radius 3 is 2.30 bits per heavy atom. The summed E-state index contributed by atoms with van der Waals surface area (Å²) in [5.41, 5.74) is -0.396. The summed E-state index contributed by atoms with van der Waals surface area (Å²) in [5.74, 6) is -0.724. The van der Waals surface area contributed by atoms with Gasteiger partial charge >= 0.3 is 5.97 Å². The van der Waals surface area contributed by atoms with Gasteiger partial charge in [0, 0.05) is 12.1 Å². The van der Waals surface area contributed by atoms with Gasteiger partial charge in [0.2, 0.25) is 0 Å². The van der Waals surface area contributed by atoms with E-state index in [0.29, 0.717) is 5.56 Å². The molecule has 0 N–H and O–H groups in total. The Labute approximate surface area is 116 Å². The van der Waals surface area contributed by atoms with E-state index in [4.69, 9.17) is 10.00 Å². The third-order valence-corrected chi connectivity index (χ3v) is 2.15. The molecule has 0 aliphatic heterocycles. The van der Waals surface area contributed by atoms with Gasteiger partial charge in [0.05, 0.1) is 4.92 Å². The zero-order valence-electron chi connectivity index (χ0n) is 11.4. The zero-order chi connectivity index (χ0) is 15.3. The van der Waals surface area contributed by atoms with Gasteiger partial charge < -0.3 is 4.74 Å². The molecule has 0 aliphatic rings. The number of hydrogen-bond donors (Lipinski definition) is 0. The van der Waals surface area contributed by atoms with E-state index in [0.717, 1.165) is 0 Å². The van der Waals surface area contributed by atoms with Crippen molar-refractivity contribution < 1.29 is 14.5 Å². The van der Waals surface area contributed by atoms with Crippen LogP contribution in [0.1, 0.15) is 26.3 Å². The summed E-state index contributed by atoms with van der Waals surface area (Å²) < 4.78 is 5.09. The van der Waals surface area contributed by atoms with E-state index >= 15 is 0 Å². The molecule has 1 aromatic carbocycles. The Balaban J connectivity index is 2.98. The van der Waals surface area contributed by atoms with Gasteiger partial charge in [0.25, 0.3) is 5.69 Å². The standard InChI is InChI=1S/C14H14N2O4/c1-14(2,3)20-13(17)11(9-15)8-10-4-6-12(7-5-10)16(18)19/h4-8H,1-3H3/b11-8+. The lowest BCUT2D eigenvalue weighted by molar-refractivity contribution is -0.384. The number of carbonyl (C=O) groups is 1. The topological polar surface area (TPSA) is 93.2 Å². The number of esters is 1. The molecule has 1 aromatic rings. The van der Waals surface area contributed by atoms with E-state index in [-0.39, 0.29) is 11.3 Å². The summed E-state index contributed by atoms with van der Waals surface area (Å²) in [6.07, 6.45) is 1.33. The van der Waals surface area contributed by atoms with E-state index < -0.39 is 16.5 Å². The van der Waals surface area contributed by atoms with Crippen LogP contribution in [0.2, 0.25) is 0 Å². The van der Waals surface area contributed by atoms with Crippen LogP contribution >= 0.6 is 0 Å². The first-order valence-electron chi connectivity index (χ1n) is 5.82. The van der Waals surface area contributed by atoms with E-state index in [1.165, 1.54) is 30.3 Å². The third-order valence-electron chi connectivity index (χ3n) is 2.15. The average molecular weight is 274 g/mol. The van der Waals surface area contributed by atoms with E-state index in [1.807, 2.05) is 0 Å². The minimum Gasteiger partial charge on any atom is -0.456 e. The normalized spacial score (nSPS) is 11.6. The van der Waals surface area contributed by atoms with Gasteiger partial charge in [0.1, 0.15) is 17.2 Å². The van der Waals surface area contributed by atoms with Crippen LogP contribution in [0.25, 0.3) is 6.08 Å². The monoisotopic (exact) mass is 274 g/mol. The fourth-order valence-electron chi connectivity index (χ4n) is 1.33. The number of carbonyl (C=O) groups excluding carboxylic acids is 1. The molecule has 0 spiro atoms. The Hall–Kier alpha value is -2.68. The second-order valence-corrected chi connectivity index (χ2v) is 5.02. The molecule has 0 bridgehead atoms. The maximum Gasteiger partial charge on any atom is 0.349 e. The number of nitrogens with zero attached hydrogens (tertiary/aromatic N) is 2. The fraction of sp³-hybridized carbons (Fsp3) is 0.286. The van der Waals surface area contributed by atoms with Crippen LogP contribution in [0, 0.1) is 21.4 Å². The number of nitro groups is 1. The zero-order valence-corrected chi connectivity index (χ0v) is 11.4.